The Morgan fingerprint density at radius 1 is 1.39 bits per heavy atom. The van der Waals surface area contributed by atoms with Gasteiger partial charge in [-0.05, 0) is 49.4 Å². The monoisotopic (exact) mass is 315 g/mol. The lowest BCUT2D eigenvalue weighted by Gasteiger charge is -2.35. The highest BCUT2D eigenvalue weighted by molar-refractivity contribution is 5.79. The maximum absolute atomic E-state index is 13.4. The fourth-order valence-electron chi connectivity index (χ4n) is 3.55. The molecule has 1 aliphatic heterocycles. The quantitative estimate of drug-likeness (QED) is 0.870. The predicted molar refractivity (Wildman–Crippen MR) is 86.4 cm³/mol. The summed E-state index contributed by atoms with van der Waals surface area (Å²) in [6.07, 6.45) is 6.60. The second kappa shape index (κ2) is 6.14. The van der Waals surface area contributed by atoms with Gasteiger partial charge in [-0.3, -0.25) is 9.48 Å². The molecule has 0 saturated carbocycles. The highest BCUT2D eigenvalue weighted by Crippen LogP contribution is 2.33. The van der Waals surface area contributed by atoms with Gasteiger partial charge >= 0.3 is 0 Å². The average molecular weight is 315 g/mol. The van der Waals surface area contributed by atoms with Crippen molar-refractivity contribution in [2.45, 2.75) is 38.1 Å². The van der Waals surface area contributed by atoms with Crippen molar-refractivity contribution in [3.8, 4) is 0 Å². The summed E-state index contributed by atoms with van der Waals surface area (Å²) in [7, 11) is 1.85. The second-order valence-corrected chi connectivity index (χ2v) is 6.65. The first-order valence-electron chi connectivity index (χ1n) is 7.99. The van der Waals surface area contributed by atoms with Crippen LogP contribution in [-0.4, -0.2) is 32.7 Å². The van der Waals surface area contributed by atoms with E-state index in [-0.39, 0.29) is 17.3 Å². The first-order valence-corrected chi connectivity index (χ1v) is 7.99. The third-order valence-electron chi connectivity index (χ3n) is 4.64. The molecule has 1 atom stereocenters. The van der Waals surface area contributed by atoms with Crippen molar-refractivity contribution in [3.05, 3.63) is 53.6 Å². The van der Waals surface area contributed by atoms with Gasteiger partial charge in [-0.15, -0.1) is 0 Å². The number of benzene rings is 1. The summed E-state index contributed by atoms with van der Waals surface area (Å²) in [4.78, 5) is 14.7. The van der Waals surface area contributed by atoms with E-state index in [4.69, 9.17) is 0 Å². The molecular weight excluding hydrogens is 293 g/mol. The number of nitrogens with zero attached hydrogens (tertiary/aromatic N) is 3. The number of carbonyl (C=O) groups is 1. The van der Waals surface area contributed by atoms with Crippen LogP contribution in [-0.2, 0) is 24.7 Å². The van der Waals surface area contributed by atoms with E-state index in [1.165, 1.54) is 6.07 Å². The smallest absolute Gasteiger partial charge is 0.227 e. The van der Waals surface area contributed by atoms with Crippen LogP contribution in [0.4, 0.5) is 4.39 Å². The fourth-order valence-corrected chi connectivity index (χ4v) is 3.55. The maximum Gasteiger partial charge on any atom is 0.227 e. The normalized spacial score (nSPS) is 20.9. The predicted octanol–water partition coefficient (Wildman–Crippen LogP) is 2.73. The summed E-state index contributed by atoms with van der Waals surface area (Å²) in [5.74, 6) is -0.105. The maximum atomic E-state index is 13.4. The van der Waals surface area contributed by atoms with Gasteiger partial charge < -0.3 is 4.90 Å². The molecule has 0 spiro atoms. The molecule has 0 N–H and O–H groups in total. The molecule has 5 heteroatoms. The van der Waals surface area contributed by atoms with E-state index >= 15 is 0 Å². The van der Waals surface area contributed by atoms with E-state index in [1.807, 2.05) is 24.2 Å². The lowest BCUT2D eigenvalue weighted by molar-refractivity contribution is -0.134. The molecule has 2 heterocycles. The molecule has 1 fully saturated rings. The SMILES string of the molecule is Cn1cc(CC(=O)N2CCCC2(C)Cc2cccc(F)c2)cn1. The van der Waals surface area contributed by atoms with Crippen LogP contribution in [0.5, 0.6) is 0 Å². The Labute approximate surface area is 135 Å². The van der Waals surface area contributed by atoms with Crippen molar-refractivity contribution in [2.24, 2.45) is 7.05 Å². The zero-order chi connectivity index (χ0) is 16.4. The number of aryl methyl sites for hydroxylation is 1. The van der Waals surface area contributed by atoms with E-state index in [9.17, 15) is 9.18 Å². The van der Waals surface area contributed by atoms with E-state index in [2.05, 4.69) is 12.0 Å². The lowest BCUT2D eigenvalue weighted by Crippen LogP contribution is -2.47. The van der Waals surface area contributed by atoms with Crippen molar-refractivity contribution >= 4 is 5.91 Å². The summed E-state index contributed by atoms with van der Waals surface area (Å²) in [6, 6.07) is 6.67. The van der Waals surface area contributed by atoms with Crippen molar-refractivity contribution < 1.29 is 9.18 Å². The molecule has 4 nitrogen and oxygen atoms in total. The summed E-state index contributed by atoms with van der Waals surface area (Å²) in [5.41, 5.74) is 1.62. The topological polar surface area (TPSA) is 38.1 Å². The minimum absolute atomic E-state index is 0.120. The Balaban J connectivity index is 1.74. The van der Waals surface area contributed by atoms with Crippen molar-refractivity contribution in [1.82, 2.24) is 14.7 Å². The molecule has 1 aromatic heterocycles. The highest BCUT2D eigenvalue weighted by atomic mass is 19.1. The Bertz CT molecular complexity index is 712. The summed E-state index contributed by atoms with van der Waals surface area (Å²) >= 11 is 0. The number of hydrogen-bond donors (Lipinski definition) is 0. The Hall–Kier alpha value is -2.17. The number of amides is 1. The molecule has 1 unspecified atom stereocenters. The number of hydrogen-bond acceptors (Lipinski definition) is 2. The number of carbonyl (C=O) groups excluding carboxylic acids is 1. The zero-order valence-electron chi connectivity index (χ0n) is 13.6. The van der Waals surface area contributed by atoms with Gasteiger partial charge in [0.05, 0.1) is 12.6 Å². The molecule has 3 rings (SSSR count). The van der Waals surface area contributed by atoms with E-state index in [0.717, 1.165) is 30.5 Å². The lowest BCUT2D eigenvalue weighted by atomic mass is 9.90. The van der Waals surface area contributed by atoms with Gasteiger partial charge in [0.15, 0.2) is 0 Å². The van der Waals surface area contributed by atoms with Gasteiger partial charge in [0.2, 0.25) is 5.91 Å². The largest absolute Gasteiger partial charge is 0.337 e. The van der Waals surface area contributed by atoms with Gasteiger partial charge in [-0.25, -0.2) is 4.39 Å². The van der Waals surface area contributed by atoms with Crippen molar-refractivity contribution in [1.29, 1.82) is 0 Å². The highest BCUT2D eigenvalue weighted by Gasteiger charge is 2.39. The zero-order valence-corrected chi connectivity index (χ0v) is 13.6. The molecule has 122 valence electrons. The second-order valence-electron chi connectivity index (χ2n) is 6.65. The van der Waals surface area contributed by atoms with Crippen molar-refractivity contribution in [2.75, 3.05) is 6.54 Å². The number of likely N-dealkylation sites (tertiary alicyclic amines) is 1. The first-order chi connectivity index (χ1) is 11.0. The van der Waals surface area contributed by atoms with Crippen LogP contribution in [0.2, 0.25) is 0 Å². The number of halogens is 1. The summed E-state index contributed by atoms with van der Waals surface area (Å²) in [6.45, 7) is 2.87. The molecule has 1 aromatic carbocycles. The van der Waals surface area contributed by atoms with Crippen molar-refractivity contribution in [3.63, 3.8) is 0 Å². The van der Waals surface area contributed by atoms with Crippen LogP contribution in [0.15, 0.2) is 36.7 Å². The molecule has 0 aliphatic carbocycles. The molecule has 1 aliphatic rings. The molecule has 2 aromatic rings. The van der Waals surface area contributed by atoms with Crippen LogP contribution in [0.3, 0.4) is 0 Å². The van der Waals surface area contributed by atoms with E-state index in [0.29, 0.717) is 12.8 Å². The van der Waals surface area contributed by atoms with Crippen LogP contribution >= 0.6 is 0 Å². The number of rotatable bonds is 4. The summed E-state index contributed by atoms with van der Waals surface area (Å²) in [5, 5.41) is 4.11. The number of aromatic nitrogens is 2. The molecule has 0 radical (unpaired) electrons. The fraction of sp³-hybridized carbons (Fsp3) is 0.444. The minimum atomic E-state index is -0.243. The third-order valence-corrected chi connectivity index (χ3v) is 4.64. The molecule has 0 bridgehead atoms. The first kappa shape index (κ1) is 15.7. The summed E-state index contributed by atoms with van der Waals surface area (Å²) < 4.78 is 15.1. The Morgan fingerprint density at radius 2 is 2.22 bits per heavy atom. The van der Waals surface area contributed by atoms with Crippen LogP contribution in [0, 0.1) is 5.82 Å². The Morgan fingerprint density at radius 3 is 2.91 bits per heavy atom. The van der Waals surface area contributed by atoms with Crippen LogP contribution in [0.1, 0.15) is 30.9 Å². The van der Waals surface area contributed by atoms with Gasteiger partial charge in [-0.2, -0.15) is 5.10 Å². The standard InChI is InChI=1S/C18H22FN3O/c1-18(11-14-5-3-6-16(19)9-14)7-4-8-22(18)17(23)10-15-12-20-21(2)13-15/h3,5-6,9,12-13H,4,7-8,10-11H2,1-2H3. The Kier molecular flexibility index (Phi) is 4.20. The van der Waals surface area contributed by atoms with Gasteiger partial charge in [0.1, 0.15) is 5.82 Å². The van der Waals surface area contributed by atoms with Gasteiger partial charge in [0, 0.05) is 25.3 Å². The molecule has 1 saturated heterocycles. The third kappa shape index (κ3) is 3.44. The molecular formula is C18H22FN3O. The average Bonchev–Trinajstić information content (AvgIpc) is 3.05. The van der Waals surface area contributed by atoms with Crippen LogP contribution < -0.4 is 0 Å². The van der Waals surface area contributed by atoms with Gasteiger partial charge in [-0.1, -0.05) is 12.1 Å². The van der Waals surface area contributed by atoms with Gasteiger partial charge in [0.25, 0.3) is 0 Å². The van der Waals surface area contributed by atoms with E-state index < -0.39 is 0 Å². The molecule has 23 heavy (non-hydrogen) atoms. The minimum Gasteiger partial charge on any atom is -0.337 e. The molecule has 1 amide bonds. The van der Waals surface area contributed by atoms with E-state index in [1.54, 1.807) is 23.0 Å². The van der Waals surface area contributed by atoms with Crippen LogP contribution in [0.25, 0.3) is 0 Å².